The summed E-state index contributed by atoms with van der Waals surface area (Å²) >= 11 is 0. The van der Waals surface area contributed by atoms with Crippen LogP contribution in [0.15, 0.2) is 60.7 Å². The number of aromatic nitrogens is 2. The second kappa shape index (κ2) is 10.5. The van der Waals surface area contributed by atoms with Gasteiger partial charge in [-0.2, -0.15) is 5.10 Å². The topological polar surface area (TPSA) is 76.5 Å². The molecule has 2 amide bonds. The van der Waals surface area contributed by atoms with E-state index >= 15 is 0 Å². The SMILES string of the molecule is CCCN(CC(=O)Nc1cc(-c2ccccc2)nn1-c1ccc(OC)cc1)C(=O)C12CC3CC(CC(C3)C1)C2. The molecule has 4 fully saturated rings. The van der Waals surface area contributed by atoms with E-state index in [1.165, 1.54) is 19.3 Å². The molecule has 7 nitrogen and oxygen atoms in total. The van der Waals surface area contributed by atoms with Crippen LogP contribution < -0.4 is 10.1 Å². The fraction of sp³-hybridized carbons (Fsp3) is 0.469. The van der Waals surface area contributed by atoms with Crippen molar-refractivity contribution in [1.82, 2.24) is 14.7 Å². The standard InChI is InChI=1S/C32H38N4O3/c1-3-13-35(31(38)32-18-22-14-23(19-32)16-24(15-22)20-32)21-30(37)33-29-17-28(25-7-5-4-6-8-25)34-36(29)26-9-11-27(39-2)12-10-26/h4-12,17,22-24H,3,13-16,18-21H2,1-2H3,(H,33,37). The first-order valence-corrected chi connectivity index (χ1v) is 14.4. The second-order valence-electron chi connectivity index (χ2n) is 11.9. The minimum absolute atomic E-state index is 0.0584. The number of amides is 2. The molecule has 1 N–H and O–H groups in total. The second-order valence-corrected chi connectivity index (χ2v) is 11.9. The summed E-state index contributed by atoms with van der Waals surface area (Å²) in [6.07, 6.45) is 7.71. The van der Waals surface area contributed by atoms with Crippen molar-refractivity contribution >= 4 is 17.6 Å². The summed E-state index contributed by atoms with van der Waals surface area (Å²) in [5, 5.41) is 7.90. The number of nitrogens with one attached hydrogen (secondary N) is 1. The summed E-state index contributed by atoms with van der Waals surface area (Å²) in [7, 11) is 1.63. The van der Waals surface area contributed by atoms with Crippen molar-refractivity contribution in [3.05, 3.63) is 60.7 Å². The largest absolute Gasteiger partial charge is 0.497 e. The Hall–Kier alpha value is -3.61. The molecule has 1 heterocycles. The zero-order valence-corrected chi connectivity index (χ0v) is 22.9. The predicted octanol–water partition coefficient (Wildman–Crippen LogP) is 5.94. The molecule has 39 heavy (non-hydrogen) atoms. The van der Waals surface area contributed by atoms with E-state index in [-0.39, 0.29) is 23.8 Å². The van der Waals surface area contributed by atoms with Crippen LogP contribution in [-0.2, 0) is 9.59 Å². The van der Waals surface area contributed by atoms with E-state index in [0.717, 1.165) is 48.4 Å². The van der Waals surface area contributed by atoms with Gasteiger partial charge >= 0.3 is 0 Å². The van der Waals surface area contributed by atoms with E-state index in [1.54, 1.807) is 11.8 Å². The Bertz CT molecular complexity index is 1300. The van der Waals surface area contributed by atoms with Crippen molar-refractivity contribution < 1.29 is 14.3 Å². The fourth-order valence-electron chi connectivity index (χ4n) is 7.73. The molecule has 7 rings (SSSR count). The summed E-state index contributed by atoms with van der Waals surface area (Å²) in [5.74, 6) is 3.39. The van der Waals surface area contributed by atoms with Crippen LogP contribution >= 0.6 is 0 Å². The third-order valence-electron chi connectivity index (χ3n) is 8.97. The first-order chi connectivity index (χ1) is 19.0. The van der Waals surface area contributed by atoms with E-state index in [2.05, 4.69) is 12.2 Å². The third-order valence-corrected chi connectivity index (χ3v) is 8.97. The average Bonchev–Trinajstić information content (AvgIpc) is 3.35. The number of carbonyl (C=O) groups is 2. The molecule has 0 unspecified atom stereocenters. The predicted molar refractivity (Wildman–Crippen MR) is 152 cm³/mol. The van der Waals surface area contributed by atoms with E-state index in [0.29, 0.717) is 30.1 Å². The molecular formula is C32H38N4O3. The highest BCUT2D eigenvalue weighted by Crippen LogP contribution is 2.60. The summed E-state index contributed by atoms with van der Waals surface area (Å²) < 4.78 is 7.05. The van der Waals surface area contributed by atoms with E-state index in [1.807, 2.05) is 65.6 Å². The quantitative estimate of drug-likeness (QED) is 0.374. The van der Waals surface area contributed by atoms with E-state index < -0.39 is 0 Å². The molecule has 7 heteroatoms. The summed E-state index contributed by atoms with van der Waals surface area (Å²) in [6, 6.07) is 19.4. The van der Waals surface area contributed by atoms with Crippen LogP contribution in [0.4, 0.5) is 5.82 Å². The molecule has 2 aromatic carbocycles. The number of rotatable bonds is 9. The van der Waals surface area contributed by atoms with Gasteiger partial charge in [0.15, 0.2) is 0 Å². The number of carbonyl (C=O) groups excluding carboxylic acids is 2. The molecular weight excluding hydrogens is 488 g/mol. The third kappa shape index (κ3) is 5.07. The van der Waals surface area contributed by atoms with Crippen LogP contribution in [0.5, 0.6) is 5.75 Å². The fourth-order valence-corrected chi connectivity index (χ4v) is 7.73. The Morgan fingerprint density at radius 1 is 1.00 bits per heavy atom. The van der Waals surface area contributed by atoms with Crippen molar-refractivity contribution in [1.29, 1.82) is 0 Å². The number of hydrogen-bond donors (Lipinski definition) is 1. The lowest BCUT2D eigenvalue weighted by molar-refractivity contribution is -0.158. The van der Waals surface area contributed by atoms with Crippen LogP contribution in [0.3, 0.4) is 0 Å². The molecule has 3 aromatic rings. The minimum Gasteiger partial charge on any atom is -0.497 e. The highest BCUT2D eigenvalue weighted by molar-refractivity contribution is 5.95. The van der Waals surface area contributed by atoms with Crippen molar-refractivity contribution in [2.24, 2.45) is 23.2 Å². The Morgan fingerprint density at radius 2 is 1.64 bits per heavy atom. The number of benzene rings is 2. The van der Waals surface area contributed by atoms with Crippen LogP contribution in [0.25, 0.3) is 16.9 Å². The molecule has 4 bridgehead atoms. The highest BCUT2D eigenvalue weighted by Gasteiger charge is 2.55. The number of ether oxygens (including phenoxy) is 1. The normalized spacial score (nSPS) is 24.9. The Kier molecular flexibility index (Phi) is 6.92. The van der Waals surface area contributed by atoms with Crippen molar-refractivity contribution in [2.45, 2.75) is 51.9 Å². The first kappa shape index (κ1) is 25.7. The van der Waals surface area contributed by atoms with Gasteiger partial charge in [-0.1, -0.05) is 37.3 Å². The Morgan fingerprint density at radius 3 is 2.23 bits per heavy atom. The van der Waals surface area contributed by atoms with Gasteiger partial charge in [0.1, 0.15) is 11.6 Å². The molecule has 0 radical (unpaired) electrons. The van der Waals surface area contributed by atoms with Crippen LogP contribution in [0, 0.1) is 23.2 Å². The lowest BCUT2D eigenvalue weighted by Gasteiger charge is -2.56. The van der Waals surface area contributed by atoms with Gasteiger partial charge in [-0.3, -0.25) is 9.59 Å². The summed E-state index contributed by atoms with van der Waals surface area (Å²) in [4.78, 5) is 29.3. The molecule has 0 spiro atoms. The molecule has 1 aromatic heterocycles. The molecule has 0 atom stereocenters. The van der Waals surface area contributed by atoms with Crippen molar-refractivity contribution in [3.8, 4) is 22.7 Å². The zero-order valence-electron chi connectivity index (χ0n) is 22.9. The van der Waals surface area contributed by atoms with Crippen LogP contribution in [-0.4, -0.2) is 46.7 Å². The Labute approximate surface area is 230 Å². The van der Waals surface area contributed by atoms with Crippen molar-refractivity contribution in [2.75, 3.05) is 25.5 Å². The summed E-state index contributed by atoms with van der Waals surface area (Å²) in [5.41, 5.74) is 2.28. The minimum atomic E-state index is -0.254. The van der Waals surface area contributed by atoms with Crippen LogP contribution in [0.2, 0.25) is 0 Å². The lowest BCUT2D eigenvalue weighted by Crippen LogP contribution is -2.55. The number of nitrogens with zero attached hydrogens (tertiary/aromatic N) is 3. The summed E-state index contributed by atoms with van der Waals surface area (Å²) in [6.45, 7) is 2.73. The molecule has 0 aliphatic heterocycles. The zero-order chi connectivity index (χ0) is 27.0. The number of methoxy groups -OCH3 is 1. The average molecular weight is 527 g/mol. The van der Waals surface area contributed by atoms with Gasteiger partial charge in [-0.25, -0.2) is 4.68 Å². The monoisotopic (exact) mass is 526 g/mol. The maximum Gasteiger partial charge on any atom is 0.245 e. The van der Waals surface area contributed by atoms with Gasteiger partial charge in [0.2, 0.25) is 11.8 Å². The maximum absolute atomic E-state index is 14.0. The smallest absolute Gasteiger partial charge is 0.245 e. The molecule has 4 saturated carbocycles. The van der Waals surface area contributed by atoms with E-state index in [4.69, 9.17) is 9.84 Å². The highest BCUT2D eigenvalue weighted by atomic mass is 16.5. The molecule has 4 aliphatic rings. The maximum atomic E-state index is 14.0. The van der Waals surface area contributed by atoms with E-state index in [9.17, 15) is 9.59 Å². The number of hydrogen-bond acceptors (Lipinski definition) is 4. The lowest BCUT2D eigenvalue weighted by atomic mass is 9.49. The van der Waals surface area contributed by atoms with Gasteiger partial charge in [0, 0.05) is 18.2 Å². The van der Waals surface area contributed by atoms with Gasteiger partial charge in [-0.05, 0) is 87.0 Å². The van der Waals surface area contributed by atoms with Gasteiger partial charge in [0.05, 0.1) is 30.5 Å². The van der Waals surface area contributed by atoms with Gasteiger partial charge < -0.3 is 15.0 Å². The molecule has 204 valence electrons. The van der Waals surface area contributed by atoms with Crippen LogP contribution in [0.1, 0.15) is 51.9 Å². The van der Waals surface area contributed by atoms with Gasteiger partial charge in [-0.15, -0.1) is 0 Å². The molecule has 0 saturated heterocycles. The van der Waals surface area contributed by atoms with Gasteiger partial charge in [0.25, 0.3) is 0 Å². The first-order valence-electron chi connectivity index (χ1n) is 14.4. The molecule has 4 aliphatic carbocycles. The number of anilines is 1. The Balaban J connectivity index is 1.24. The van der Waals surface area contributed by atoms with Crippen molar-refractivity contribution in [3.63, 3.8) is 0 Å².